The highest BCUT2D eigenvalue weighted by molar-refractivity contribution is 7.15. The van der Waals surface area contributed by atoms with Gasteiger partial charge < -0.3 is 9.26 Å². The smallest absolute Gasteiger partial charge is 0.406 e. The van der Waals surface area contributed by atoms with E-state index in [1.807, 2.05) is 0 Å². The van der Waals surface area contributed by atoms with Gasteiger partial charge in [-0.3, -0.25) is 9.20 Å². The molecule has 5 rings (SSSR count). The quantitative estimate of drug-likeness (QED) is 0.380. The van der Waals surface area contributed by atoms with E-state index in [4.69, 9.17) is 4.52 Å². The van der Waals surface area contributed by atoms with Crippen molar-refractivity contribution in [2.75, 3.05) is 0 Å². The number of ether oxygens (including phenoxy) is 1. The van der Waals surface area contributed by atoms with Gasteiger partial charge in [0, 0.05) is 23.2 Å². The van der Waals surface area contributed by atoms with Gasteiger partial charge in [-0.15, -0.1) is 29.6 Å². The summed E-state index contributed by atoms with van der Waals surface area (Å²) in [4.78, 5) is 25.7. The molecule has 4 aromatic heterocycles. The maximum atomic E-state index is 12.3. The van der Waals surface area contributed by atoms with E-state index in [2.05, 4.69) is 29.9 Å². The zero-order valence-electron chi connectivity index (χ0n) is 16.6. The fourth-order valence-electron chi connectivity index (χ4n) is 3.02. The molecule has 0 amide bonds. The van der Waals surface area contributed by atoms with Crippen molar-refractivity contribution in [3.8, 4) is 28.9 Å². The van der Waals surface area contributed by atoms with Crippen LogP contribution in [0.2, 0.25) is 0 Å². The lowest BCUT2D eigenvalue weighted by Gasteiger charge is -2.08. The van der Waals surface area contributed by atoms with E-state index in [-0.39, 0.29) is 35.4 Å². The number of hydrogen-bond acceptors (Lipinski definition) is 9. The Morgan fingerprint density at radius 3 is 2.67 bits per heavy atom. The topological polar surface area (TPSA) is 113 Å². The van der Waals surface area contributed by atoms with Gasteiger partial charge in [-0.1, -0.05) is 5.16 Å². The zero-order chi connectivity index (χ0) is 23.2. The van der Waals surface area contributed by atoms with Crippen molar-refractivity contribution in [1.82, 2.24) is 34.3 Å². The minimum absolute atomic E-state index is 0.0317. The minimum Gasteiger partial charge on any atom is -0.406 e. The number of halogens is 3. The van der Waals surface area contributed by atoms with E-state index in [0.717, 1.165) is 12.1 Å². The summed E-state index contributed by atoms with van der Waals surface area (Å²) in [5.74, 6) is 0.517. The predicted molar refractivity (Wildman–Crippen MR) is 109 cm³/mol. The lowest BCUT2D eigenvalue weighted by molar-refractivity contribution is -0.274. The second-order valence-corrected chi connectivity index (χ2v) is 7.65. The molecule has 0 saturated carbocycles. The van der Waals surface area contributed by atoms with Crippen molar-refractivity contribution in [2.24, 2.45) is 0 Å². The van der Waals surface area contributed by atoms with Crippen molar-refractivity contribution >= 4 is 16.3 Å². The molecule has 0 N–H and O–H groups in total. The molecule has 4 heterocycles. The largest absolute Gasteiger partial charge is 0.573 e. The molecule has 0 fully saturated rings. The lowest BCUT2D eigenvalue weighted by Crippen LogP contribution is -2.16. The third-order valence-corrected chi connectivity index (χ3v) is 5.24. The van der Waals surface area contributed by atoms with E-state index < -0.39 is 6.36 Å². The highest BCUT2D eigenvalue weighted by Gasteiger charge is 2.31. The van der Waals surface area contributed by atoms with Crippen molar-refractivity contribution in [3.63, 3.8) is 0 Å². The first-order valence-electron chi connectivity index (χ1n) is 9.33. The van der Waals surface area contributed by atoms with Gasteiger partial charge in [0.25, 0.3) is 11.4 Å². The average molecular weight is 475 g/mol. The number of benzene rings is 1. The number of thiazole rings is 1. The van der Waals surface area contributed by atoms with Gasteiger partial charge >= 0.3 is 6.36 Å². The van der Waals surface area contributed by atoms with Crippen LogP contribution in [0.3, 0.4) is 0 Å². The van der Waals surface area contributed by atoms with Crippen LogP contribution in [0.4, 0.5) is 13.2 Å². The highest BCUT2D eigenvalue weighted by atomic mass is 32.1. The van der Waals surface area contributed by atoms with Crippen LogP contribution in [0.25, 0.3) is 28.1 Å². The fraction of sp³-hybridized carbons (Fsp3) is 0.158. The Morgan fingerprint density at radius 1 is 1.12 bits per heavy atom. The first kappa shape index (κ1) is 20.8. The number of alkyl halides is 3. The SMILES string of the molecule is Cc1nc(-c2nc(-c3ccc(OC(F)(F)F)cc3)no2)nn1Cc1cc(=O)n2ccsc2n1. The molecular weight excluding hydrogens is 463 g/mol. The van der Waals surface area contributed by atoms with Gasteiger partial charge in [-0.05, 0) is 31.2 Å². The van der Waals surface area contributed by atoms with Crippen LogP contribution in [-0.2, 0) is 6.54 Å². The number of aromatic nitrogens is 7. The number of rotatable bonds is 5. The highest BCUT2D eigenvalue weighted by Crippen LogP contribution is 2.26. The number of fused-ring (bicyclic) bond motifs is 1. The molecule has 0 saturated heterocycles. The van der Waals surface area contributed by atoms with Crippen LogP contribution in [0.1, 0.15) is 11.5 Å². The maximum Gasteiger partial charge on any atom is 0.573 e. The molecular formula is C19H12F3N7O3S. The second kappa shape index (κ2) is 7.81. The van der Waals surface area contributed by atoms with Gasteiger partial charge in [0.2, 0.25) is 11.6 Å². The third-order valence-electron chi connectivity index (χ3n) is 4.49. The molecule has 0 aliphatic heterocycles. The summed E-state index contributed by atoms with van der Waals surface area (Å²) >= 11 is 1.35. The van der Waals surface area contributed by atoms with Crippen LogP contribution in [-0.4, -0.2) is 40.7 Å². The van der Waals surface area contributed by atoms with Crippen molar-refractivity contribution in [2.45, 2.75) is 19.8 Å². The summed E-state index contributed by atoms with van der Waals surface area (Å²) in [5.41, 5.74) is 0.751. The van der Waals surface area contributed by atoms with Gasteiger partial charge in [-0.2, -0.15) is 4.98 Å². The Labute approximate surface area is 185 Å². The zero-order valence-corrected chi connectivity index (χ0v) is 17.5. The average Bonchev–Trinajstić information content (AvgIpc) is 3.48. The normalized spacial score (nSPS) is 11.9. The molecule has 0 aliphatic rings. The molecule has 168 valence electrons. The molecule has 1 aromatic carbocycles. The Balaban J connectivity index is 1.37. The third kappa shape index (κ3) is 4.32. The Bertz CT molecular complexity index is 1500. The maximum absolute atomic E-state index is 12.3. The van der Waals surface area contributed by atoms with Crippen molar-refractivity contribution in [1.29, 1.82) is 0 Å². The summed E-state index contributed by atoms with van der Waals surface area (Å²) in [6.45, 7) is 1.94. The first-order valence-corrected chi connectivity index (χ1v) is 10.2. The van der Waals surface area contributed by atoms with E-state index >= 15 is 0 Å². The summed E-state index contributed by atoms with van der Waals surface area (Å²) < 4.78 is 49.0. The van der Waals surface area contributed by atoms with Gasteiger partial charge in [0.05, 0.1) is 12.2 Å². The molecule has 0 spiro atoms. The molecule has 0 aliphatic carbocycles. The number of hydrogen-bond donors (Lipinski definition) is 0. The van der Waals surface area contributed by atoms with Gasteiger partial charge in [0.15, 0.2) is 4.96 Å². The molecule has 0 radical (unpaired) electrons. The van der Waals surface area contributed by atoms with E-state index in [1.54, 1.807) is 23.2 Å². The minimum atomic E-state index is -4.78. The molecule has 0 bridgehead atoms. The second-order valence-electron chi connectivity index (χ2n) is 6.78. The Hall–Kier alpha value is -4.07. The summed E-state index contributed by atoms with van der Waals surface area (Å²) in [6.07, 6.45) is -3.12. The Morgan fingerprint density at radius 2 is 1.91 bits per heavy atom. The molecule has 33 heavy (non-hydrogen) atoms. The summed E-state index contributed by atoms with van der Waals surface area (Å²) in [7, 11) is 0. The molecule has 0 atom stereocenters. The molecule has 10 nitrogen and oxygen atoms in total. The number of nitrogens with zero attached hydrogens (tertiary/aromatic N) is 7. The van der Waals surface area contributed by atoms with E-state index in [0.29, 0.717) is 22.0 Å². The van der Waals surface area contributed by atoms with Gasteiger partial charge in [0.1, 0.15) is 11.6 Å². The number of aryl methyl sites for hydroxylation is 1. The van der Waals surface area contributed by atoms with Crippen molar-refractivity contribution in [3.05, 3.63) is 63.8 Å². The van der Waals surface area contributed by atoms with Crippen molar-refractivity contribution < 1.29 is 22.4 Å². The standard InChI is InChI=1S/C19H12F3N7O3S/c1-10-23-16(26-29(10)9-12-8-14(30)28-6-7-33-18(28)24-12)17-25-15(27-32-17)11-2-4-13(5-3-11)31-19(20,21)22/h2-8H,9H2,1H3. The predicted octanol–water partition coefficient (Wildman–Crippen LogP) is 3.32. The van der Waals surface area contributed by atoms with Gasteiger partial charge in [-0.25, -0.2) is 14.6 Å². The molecule has 5 aromatic rings. The molecule has 14 heteroatoms. The fourth-order valence-corrected chi connectivity index (χ4v) is 3.76. The van der Waals surface area contributed by atoms with Crippen LogP contribution in [0.5, 0.6) is 5.75 Å². The van der Waals surface area contributed by atoms with Crippen LogP contribution in [0.15, 0.2) is 51.2 Å². The van der Waals surface area contributed by atoms with E-state index in [9.17, 15) is 18.0 Å². The summed E-state index contributed by atoms with van der Waals surface area (Å²) in [5, 5.41) is 9.96. The van der Waals surface area contributed by atoms with Crippen LogP contribution in [0, 0.1) is 6.92 Å². The van der Waals surface area contributed by atoms with E-state index in [1.165, 1.54) is 33.9 Å². The van der Waals surface area contributed by atoms with Crippen LogP contribution < -0.4 is 10.3 Å². The first-order chi connectivity index (χ1) is 15.7. The van der Waals surface area contributed by atoms with Crippen LogP contribution >= 0.6 is 11.3 Å². The molecule has 0 unspecified atom stereocenters. The monoisotopic (exact) mass is 475 g/mol. The Kier molecular flexibility index (Phi) is 4.92. The summed E-state index contributed by atoms with van der Waals surface area (Å²) in [6, 6.07) is 6.47. The lowest BCUT2D eigenvalue weighted by atomic mass is 10.2.